The predicted molar refractivity (Wildman–Crippen MR) is 66.7 cm³/mol. The number of aromatic carboxylic acids is 1. The molecular formula is C13H14N2O4. The van der Waals surface area contributed by atoms with Crippen molar-refractivity contribution in [2.75, 3.05) is 4.90 Å². The molecule has 0 aromatic carbocycles. The van der Waals surface area contributed by atoms with Crippen molar-refractivity contribution in [2.24, 2.45) is 5.41 Å². The van der Waals surface area contributed by atoms with Crippen LogP contribution >= 0.6 is 0 Å². The topological polar surface area (TPSA) is 87.6 Å². The maximum absolute atomic E-state index is 12.0. The van der Waals surface area contributed by atoms with Gasteiger partial charge in [-0.15, -0.1) is 0 Å². The fourth-order valence-electron chi connectivity index (χ4n) is 2.08. The molecule has 2 rings (SSSR count). The van der Waals surface area contributed by atoms with Gasteiger partial charge < -0.3 is 5.11 Å². The lowest BCUT2D eigenvalue weighted by Gasteiger charge is -2.33. The van der Waals surface area contributed by atoms with E-state index in [0.717, 1.165) is 11.1 Å². The Hall–Kier alpha value is -2.24. The fraction of sp³-hybridized carbons (Fsp3) is 0.385. The van der Waals surface area contributed by atoms with E-state index in [1.165, 1.54) is 12.1 Å². The highest BCUT2D eigenvalue weighted by atomic mass is 16.4. The minimum atomic E-state index is -1.10. The molecule has 1 aliphatic rings. The SMILES string of the molecule is CC1(C)CC(=O)N(c2ccc(C(=O)O)cn2)C(=O)C1. The van der Waals surface area contributed by atoms with Crippen LogP contribution in [-0.2, 0) is 9.59 Å². The number of carbonyl (C=O) groups is 3. The van der Waals surface area contributed by atoms with Gasteiger partial charge in [0, 0.05) is 19.0 Å². The van der Waals surface area contributed by atoms with E-state index in [0.29, 0.717) is 0 Å². The van der Waals surface area contributed by atoms with Gasteiger partial charge in [0.15, 0.2) is 0 Å². The standard InChI is InChI=1S/C13H14N2O4/c1-13(2)5-10(16)15(11(17)6-13)9-4-3-8(7-14-9)12(18)19/h3-4,7H,5-6H2,1-2H3,(H,18,19). The maximum atomic E-state index is 12.0. The summed E-state index contributed by atoms with van der Waals surface area (Å²) in [6, 6.07) is 2.70. The van der Waals surface area contributed by atoms with Crippen molar-refractivity contribution >= 4 is 23.6 Å². The minimum Gasteiger partial charge on any atom is -0.478 e. The molecule has 19 heavy (non-hydrogen) atoms. The second-order valence-electron chi connectivity index (χ2n) is 5.35. The summed E-state index contributed by atoms with van der Waals surface area (Å²) in [6.45, 7) is 3.72. The molecule has 1 aromatic rings. The quantitative estimate of drug-likeness (QED) is 0.815. The summed E-state index contributed by atoms with van der Waals surface area (Å²) in [5.41, 5.74) is -0.327. The summed E-state index contributed by atoms with van der Waals surface area (Å²) < 4.78 is 0. The summed E-state index contributed by atoms with van der Waals surface area (Å²) >= 11 is 0. The van der Waals surface area contributed by atoms with Crippen LogP contribution < -0.4 is 4.90 Å². The molecule has 0 spiro atoms. The minimum absolute atomic E-state index is 0.0148. The Balaban J connectivity index is 2.29. The summed E-state index contributed by atoms with van der Waals surface area (Å²) in [7, 11) is 0. The number of anilines is 1. The molecule has 0 atom stereocenters. The Morgan fingerprint density at radius 1 is 1.26 bits per heavy atom. The van der Waals surface area contributed by atoms with E-state index in [2.05, 4.69) is 4.98 Å². The third-order valence-electron chi connectivity index (χ3n) is 2.98. The maximum Gasteiger partial charge on any atom is 0.337 e. The molecule has 100 valence electrons. The van der Waals surface area contributed by atoms with E-state index in [1.807, 2.05) is 13.8 Å². The zero-order valence-electron chi connectivity index (χ0n) is 10.7. The molecule has 1 aliphatic heterocycles. The number of carbonyl (C=O) groups excluding carboxylic acids is 2. The van der Waals surface area contributed by atoms with Crippen LogP contribution in [0.5, 0.6) is 0 Å². The van der Waals surface area contributed by atoms with Crippen molar-refractivity contribution < 1.29 is 19.5 Å². The van der Waals surface area contributed by atoms with Gasteiger partial charge in [-0.2, -0.15) is 0 Å². The number of rotatable bonds is 2. The van der Waals surface area contributed by atoms with Crippen molar-refractivity contribution in [1.29, 1.82) is 0 Å². The number of hydrogen-bond acceptors (Lipinski definition) is 4. The highest BCUT2D eigenvalue weighted by Crippen LogP contribution is 2.33. The largest absolute Gasteiger partial charge is 0.478 e. The molecule has 6 nitrogen and oxygen atoms in total. The smallest absolute Gasteiger partial charge is 0.337 e. The first kappa shape index (κ1) is 13.2. The van der Waals surface area contributed by atoms with Gasteiger partial charge in [0.2, 0.25) is 11.8 Å². The van der Waals surface area contributed by atoms with Crippen molar-refractivity contribution in [1.82, 2.24) is 4.98 Å². The lowest BCUT2D eigenvalue weighted by molar-refractivity contribution is -0.132. The molecule has 1 aromatic heterocycles. The van der Waals surface area contributed by atoms with Crippen LogP contribution in [-0.4, -0.2) is 27.9 Å². The monoisotopic (exact) mass is 262 g/mol. The Morgan fingerprint density at radius 2 is 1.84 bits per heavy atom. The molecule has 2 amide bonds. The number of amides is 2. The zero-order chi connectivity index (χ0) is 14.2. The number of carboxylic acids is 1. The Bertz CT molecular complexity index is 528. The van der Waals surface area contributed by atoms with Crippen LogP contribution in [0, 0.1) is 5.41 Å². The number of nitrogens with zero attached hydrogens (tertiary/aromatic N) is 2. The number of piperidine rings is 1. The molecule has 2 heterocycles. The molecule has 0 saturated carbocycles. The van der Waals surface area contributed by atoms with Crippen molar-refractivity contribution in [3.8, 4) is 0 Å². The van der Waals surface area contributed by atoms with Gasteiger partial charge in [-0.25, -0.2) is 14.7 Å². The van der Waals surface area contributed by atoms with Crippen LogP contribution in [0.2, 0.25) is 0 Å². The van der Waals surface area contributed by atoms with Gasteiger partial charge in [-0.1, -0.05) is 13.8 Å². The van der Waals surface area contributed by atoms with E-state index in [1.54, 1.807) is 0 Å². The molecule has 0 aliphatic carbocycles. The summed E-state index contributed by atoms with van der Waals surface area (Å²) in [5, 5.41) is 8.77. The average Bonchev–Trinajstić information content (AvgIpc) is 2.26. The summed E-state index contributed by atoms with van der Waals surface area (Å²) in [4.78, 5) is 39.6. The van der Waals surface area contributed by atoms with Crippen LogP contribution in [0.4, 0.5) is 5.82 Å². The molecule has 6 heteroatoms. The summed E-state index contributed by atoms with van der Waals surface area (Å²) in [6.07, 6.45) is 1.67. The van der Waals surface area contributed by atoms with E-state index in [-0.39, 0.29) is 41.5 Å². The molecule has 0 radical (unpaired) electrons. The Kier molecular flexibility index (Phi) is 3.09. The lowest BCUT2D eigenvalue weighted by atomic mass is 9.82. The van der Waals surface area contributed by atoms with Gasteiger partial charge in [0.05, 0.1) is 5.56 Å². The number of hydrogen-bond donors (Lipinski definition) is 1. The van der Waals surface area contributed by atoms with E-state index < -0.39 is 5.97 Å². The van der Waals surface area contributed by atoms with Crippen LogP contribution in [0.1, 0.15) is 37.0 Å². The van der Waals surface area contributed by atoms with Gasteiger partial charge in [-0.05, 0) is 17.5 Å². The highest BCUT2D eigenvalue weighted by molar-refractivity contribution is 6.16. The Morgan fingerprint density at radius 3 is 2.26 bits per heavy atom. The first-order chi connectivity index (χ1) is 8.80. The number of aromatic nitrogens is 1. The zero-order valence-corrected chi connectivity index (χ0v) is 10.7. The van der Waals surface area contributed by atoms with Crippen molar-refractivity contribution in [2.45, 2.75) is 26.7 Å². The third kappa shape index (κ3) is 2.62. The Labute approximate surface area is 110 Å². The van der Waals surface area contributed by atoms with Gasteiger partial charge in [-0.3, -0.25) is 9.59 Å². The molecule has 1 fully saturated rings. The number of imide groups is 1. The molecule has 1 N–H and O–H groups in total. The normalized spacial score (nSPS) is 18.5. The number of pyridine rings is 1. The molecular weight excluding hydrogens is 248 g/mol. The van der Waals surface area contributed by atoms with E-state index in [9.17, 15) is 14.4 Å². The second-order valence-corrected chi connectivity index (χ2v) is 5.35. The van der Waals surface area contributed by atoms with Crippen LogP contribution in [0.25, 0.3) is 0 Å². The highest BCUT2D eigenvalue weighted by Gasteiger charge is 2.38. The fourth-order valence-corrected chi connectivity index (χ4v) is 2.08. The first-order valence-electron chi connectivity index (χ1n) is 5.85. The van der Waals surface area contributed by atoms with Crippen LogP contribution in [0.15, 0.2) is 18.3 Å². The van der Waals surface area contributed by atoms with Gasteiger partial charge in [0.25, 0.3) is 0 Å². The molecule has 0 unspecified atom stereocenters. The first-order valence-corrected chi connectivity index (χ1v) is 5.85. The average molecular weight is 262 g/mol. The predicted octanol–water partition coefficient (Wildman–Crippen LogP) is 1.46. The summed E-state index contributed by atoms with van der Waals surface area (Å²) in [5.74, 6) is -1.54. The van der Waals surface area contributed by atoms with Crippen LogP contribution in [0.3, 0.4) is 0 Å². The molecule has 1 saturated heterocycles. The van der Waals surface area contributed by atoms with E-state index in [4.69, 9.17) is 5.11 Å². The lowest BCUT2D eigenvalue weighted by Crippen LogP contribution is -2.46. The van der Waals surface area contributed by atoms with Gasteiger partial charge >= 0.3 is 5.97 Å². The number of carboxylic acid groups (broad SMARTS) is 1. The third-order valence-corrected chi connectivity index (χ3v) is 2.98. The van der Waals surface area contributed by atoms with Crippen molar-refractivity contribution in [3.63, 3.8) is 0 Å². The van der Waals surface area contributed by atoms with E-state index >= 15 is 0 Å². The second kappa shape index (κ2) is 4.46. The molecule has 0 bridgehead atoms. The van der Waals surface area contributed by atoms with Gasteiger partial charge in [0.1, 0.15) is 5.82 Å². The van der Waals surface area contributed by atoms with Crippen molar-refractivity contribution in [3.05, 3.63) is 23.9 Å².